The number of alkyl halides is 3. The van der Waals surface area contributed by atoms with Crippen LogP contribution in [-0.4, -0.2) is 93.1 Å². The number of amides is 5. The molecule has 40 heavy (non-hydrogen) atoms. The Balaban J connectivity index is 2.88. The summed E-state index contributed by atoms with van der Waals surface area (Å²) in [7, 11) is -1.19. The van der Waals surface area contributed by atoms with E-state index >= 15 is 0 Å². The van der Waals surface area contributed by atoms with Crippen molar-refractivity contribution in [2.24, 2.45) is 0 Å². The standard InChI is InChI=1S/C25H40F3N5O6S/c1-6-12-29-21(36)19(34)17(10-11-25(26,27)28)31-20(35)18-9-8-14-33(18)22(37)16(7-2)32-23(38)30-13-15-40(39)24(3,4)5/h6,16-18H,1,7-15H2,2-5H3,(H,29,36)(H,31,35)(H2,30,32,38). The summed E-state index contributed by atoms with van der Waals surface area (Å²) in [4.78, 5) is 64.4. The number of nitrogens with zero attached hydrogens (tertiary/aromatic N) is 1. The molecular formula is C25H40F3N5O6S. The van der Waals surface area contributed by atoms with Gasteiger partial charge in [-0.05, 0) is 46.5 Å². The van der Waals surface area contributed by atoms with Gasteiger partial charge in [0, 0.05) is 47.4 Å². The first-order valence-corrected chi connectivity index (χ1v) is 14.4. The molecule has 5 amide bonds. The topological polar surface area (TPSA) is 154 Å². The number of likely N-dealkylation sites (tertiary alicyclic amines) is 1. The molecule has 1 aliphatic heterocycles. The molecule has 1 aliphatic rings. The van der Waals surface area contributed by atoms with Crippen molar-refractivity contribution in [3.63, 3.8) is 0 Å². The Morgan fingerprint density at radius 3 is 2.27 bits per heavy atom. The third-order valence-electron chi connectivity index (χ3n) is 6.09. The van der Waals surface area contributed by atoms with Crippen molar-refractivity contribution in [3.05, 3.63) is 12.7 Å². The Morgan fingerprint density at radius 1 is 1.07 bits per heavy atom. The van der Waals surface area contributed by atoms with E-state index in [0.29, 0.717) is 6.42 Å². The average Bonchev–Trinajstić information content (AvgIpc) is 3.36. The minimum Gasteiger partial charge on any atom is -0.346 e. The van der Waals surface area contributed by atoms with Crippen molar-refractivity contribution in [1.82, 2.24) is 26.2 Å². The fraction of sp³-hybridized carbons (Fsp3) is 0.720. The van der Waals surface area contributed by atoms with E-state index in [1.807, 2.05) is 20.8 Å². The molecule has 4 N–H and O–H groups in total. The van der Waals surface area contributed by atoms with Crippen molar-refractivity contribution < 1.29 is 41.4 Å². The number of urea groups is 1. The van der Waals surface area contributed by atoms with Gasteiger partial charge < -0.3 is 26.2 Å². The molecule has 0 saturated carbocycles. The van der Waals surface area contributed by atoms with Gasteiger partial charge in [0.1, 0.15) is 12.1 Å². The Morgan fingerprint density at radius 2 is 1.73 bits per heavy atom. The van der Waals surface area contributed by atoms with E-state index in [4.69, 9.17) is 0 Å². The van der Waals surface area contributed by atoms with Gasteiger partial charge in [0.15, 0.2) is 0 Å². The normalized spacial score (nSPS) is 17.8. The second kappa shape index (κ2) is 15.7. The Bertz CT molecular complexity index is 970. The summed E-state index contributed by atoms with van der Waals surface area (Å²) in [6.45, 7) is 10.6. The van der Waals surface area contributed by atoms with Gasteiger partial charge in [0.2, 0.25) is 17.6 Å². The molecule has 11 nitrogen and oxygen atoms in total. The number of hydrogen-bond donors (Lipinski definition) is 4. The summed E-state index contributed by atoms with van der Waals surface area (Å²) in [5.74, 6) is -3.63. The molecule has 1 heterocycles. The van der Waals surface area contributed by atoms with Crippen molar-refractivity contribution in [2.75, 3.05) is 25.4 Å². The minimum absolute atomic E-state index is 0.0944. The Labute approximate surface area is 234 Å². The third-order valence-corrected chi connectivity index (χ3v) is 8.03. The molecule has 1 saturated heterocycles. The van der Waals surface area contributed by atoms with E-state index < -0.39 is 82.2 Å². The monoisotopic (exact) mass is 595 g/mol. The molecule has 0 aromatic heterocycles. The van der Waals surface area contributed by atoms with Crippen LogP contribution in [-0.2, 0) is 30.0 Å². The Kier molecular flexibility index (Phi) is 13.8. The largest absolute Gasteiger partial charge is 0.389 e. The first-order chi connectivity index (χ1) is 18.5. The summed E-state index contributed by atoms with van der Waals surface area (Å²) in [6, 6.07) is -4.51. The highest BCUT2D eigenvalue weighted by Gasteiger charge is 2.40. The van der Waals surface area contributed by atoms with Crippen LogP contribution >= 0.6 is 0 Å². The summed E-state index contributed by atoms with van der Waals surface area (Å²) in [6.07, 6.45) is -4.84. The van der Waals surface area contributed by atoms with Crippen LogP contribution in [0.4, 0.5) is 18.0 Å². The van der Waals surface area contributed by atoms with Crippen LogP contribution in [0.1, 0.15) is 59.8 Å². The van der Waals surface area contributed by atoms with Crippen LogP contribution < -0.4 is 21.3 Å². The molecule has 4 atom stereocenters. The van der Waals surface area contributed by atoms with Crippen molar-refractivity contribution in [3.8, 4) is 0 Å². The number of carbonyl (C=O) groups is 5. The number of nitrogens with one attached hydrogen (secondary N) is 4. The number of carbonyl (C=O) groups excluding carboxylic acids is 5. The number of ketones is 1. The van der Waals surface area contributed by atoms with E-state index in [1.165, 1.54) is 11.0 Å². The van der Waals surface area contributed by atoms with Gasteiger partial charge in [-0.3, -0.25) is 23.4 Å². The first-order valence-electron chi connectivity index (χ1n) is 13.0. The maximum Gasteiger partial charge on any atom is 0.389 e. The Hall–Kier alpha value is -2.97. The lowest BCUT2D eigenvalue weighted by molar-refractivity contribution is -0.146. The molecule has 228 valence electrons. The molecule has 0 aromatic rings. The second-order valence-electron chi connectivity index (χ2n) is 10.3. The predicted molar refractivity (Wildman–Crippen MR) is 144 cm³/mol. The number of hydrogen-bond acceptors (Lipinski definition) is 6. The van der Waals surface area contributed by atoms with E-state index in [1.54, 1.807) is 6.92 Å². The zero-order valence-electron chi connectivity index (χ0n) is 23.3. The minimum atomic E-state index is -4.63. The van der Waals surface area contributed by atoms with Gasteiger partial charge in [-0.25, -0.2) is 4.79 Å². The first kappa shape index (κ1) is 35.1. The lowest BCUT2D eigenvalue weighted by atomic mass is 10.0. The summed E-state index contributed by atoms with van der Waals surface area (Å²) < 4.78 is 50.2. The van der Waals surface area contributed by atoms with Crippen LogP contribution in [0, 0.1) is 0 Å². The van der Waals surface area contributed by atoms with Gasteiger partial charge in [0.25, 0.3) is 5.91 Å². The van der Waals surface area contributed by atoms with Crippen molar-refractivity contribution in [2.45, 2.75) is 88.8 Å². The molecular weight excluding hydrogens is 555 g/mol. The third kappa shape index (κ3) is 11.6. The van der Waals surface area contributed by atoms with Crippen LogP contribution in [0.25, 0.3) is 0 Å². The van der Waals surface area contributed by atoms with Gasteiger partial charge in [-0.2, -0.15) is 13.2 Å². The van der Waals surface area contributed by atoms with Gasteiger partial charge in [0.05, 0.1) is 6.04 Å². The van der Waals surface area contributed by atoms with Crippen LogP contribution in [0.3, 0.4) is 0 Å². The zero-order valence-corrected chi connectivity index (χ0v) is 24.1. The van der Waals surface area contributed by atoms with Crippen molar-refractivity contribution in [1.29, 1.82) is 0 Å². The lowest BCUT2D eigenvalue weighted by Gasteiger charge is -2.29. The van der Waals surface area contributed by atoms with Gasteiger partial charge in [-0.1, -0.05) is 13.0 Å². The van der Waals surface area contributed by atoms with Crippen LogP contribution in [0.15, 0.2) is 12.7 Å². The zero-order chi connectivity index (χ0) is 30.7. The molecule has 0 spiro atoms. The highest BCUT2D eigenvalue weighted by molar-refractivity contribution is 7.86. The molecule has 1 fully saturated rings. The van der Waals surface area contributed by atoms with E-state index in [9.17, 15) is 41.4 Å². The highest BCUT2D eigenvalue weighted by atomic mass is 32.2. The molecule has 0 aliphatic carbocycles. The number of Topliss-reactive ketones (excluding diaryl/α,β-unsaturated/α-hetero) is 1. The quantitative estimate of drug-likeness (QED) is 0.175. The van der Waals surface area contributed by atoms with Gasteiger partial charge in [-0.15, -0.1) is 6.58 Å². The molecule has 15 heteroatoms. The summed E-state index contributed by atoms with van der Waals surface area (Å²) >= 11 is 0. The number of halogens is 3. The molecule has 0 aromatic carbocycles. The fourth-order valence-electron chi connectivity index (χ4n) is 3.87. The highest BCUT2D eigenvalue weighted by Crippen LogP contribution is 2.24. The molecule has 1 rings (SSSR count). The average molecular weight is 596 g/mol. The molecule has 4 unspecified atom stereocenters. The number of rotatable bonds is 14. The SMILES string of the molecule is C=CCNC(=O)C(=O)C(CCC(F)(F)F)NC(=O)C1CCCN1C(=O)C(CC)NC(=O)NCCS(=O)C(C)(C)C. The van der Waals surface area contributed by atoms with E-state index in [2.05, 4.69) is 27.8 Å². The summed E-state index contributed by atoms with van der Waals surface area (Å²) in [5, 5.41) is 9.49. The summed E-state index contributed by atoms with van der Waals surface area (Å²) in [5.41, 5.74) is 0. The lowest BCUT2D eigenvalue weighted by Crippen LogP contribution is -2.57. The molecule has 0 bridgehead atoms. The molecule has 0 radical (unpaired) electrons. The fourth-order valence-corrected chi connectivity index (χ4v) is 4.77. The van der Waals surface area contributed by atoms with Crippen LogP contribution in [0.5, 0.6) is 0 Å². The maximum absolute atomic E-state index is 13.2. The smallest absolute Gasteiger partial charge is 0.346 e. The van der Waals surface area contributed by atoms with Gasteiger partial charge >= 0.3 is 12.2 Å². The maximum atomic E-state index is 13.2. The van der Waals surface area contributed by atoms with E-state index in [-0.39, 0.29) is 38.2 Å². The van der Waals surface area contributed by atoms with E-state index in [0.717, 1.165) is 0 Å². The van der Waals surface area contributed by atoms with Crippen LogP contribution in [0.2, 0.25) is 0 Å². The second-order valence-corrected chi connectivity index (χ2v) is 12.6. The predicted octanol–water partition coefficient (Wildman–Crippen LogP) is 1.30. The van der Waals surface area contributed by atoms with Crippen molar-refractivity contribution >= 4 is 40.3 Å².